The van der Waals surface area contributed by atoms with E-state index in [1.54, 1.807) is 0 Å². The van der Waals surface area contributed by atoms with Crippen LogP contribution in [0.4, 0.5) is 0 Å². The molecular formula is H2NiO5P2+2. The molecule has 0 saturated heterocycles. The van der Waals surface area contributed by atoms with Crippen LogP contribution in [0, 0.1) is 0 Å². The molecular weight excluding hydrogens is 201 g/mol. The van der Waals surface area contributed by atoms with Crippen LogP contribution < -0.4 is 0 Å². The van der Waals surface area contributed by atoms with E-state index in [1.165, 1.54) is 0 Å². The van der Waals surface area contributed by atoms with Crippen molar-refractivity contribution in [1.29, 1.82) is 0 Å². The molecule has 5 nitrogen and oxygen atoms in total. The second-order valence-corrected chi connectivity index (χ2v) is 2.16. The minimum Gasteiger partial charge on any atom is -0.131 e. The molecule has 0 radical (unpaired) electrons. The minimum absolute atomic E-state index is 0. The van der Waals surface area contributed by atoms with Gasteiger partial charge in [-0.1, -0.05) is 0 Å². The molecule has 0 aliphatic rings. The van der Waals surface area contributed by atoms with Crippen molar-refractivity contribution in [2.24, 2.45) is 0 Å². The Balaban J connectivity index is 0. The Morgan fingerprint density at radius 1 is 1.12 bits per heavy atom. The van der Waals surface area contributed by atoms with E-state index in [2.05, 4.69) is 4.31 Å². The summed E-state index contributed by atoms with van der Waals surface area (Å²) in [6.45, 7) is 0. The Bertz CT molecular complexity index is 86.6. The third-order valence-corrected chi connectivity index (χ3v) is 1.26. The molecule has 0 aromatic heterocycles. The van der Waals surface area contributed by atoms with Gasteiger partial charge in [-0.3, -0.25) is 0 Å². The fraction of sp³-hybridized carbons (Fsp3) is 0. The van der Waals surface area contributed by atoms with Crippen LogP contribution in [0.25, 0.3) is 0 Å². The fourth-order valence-electron chi connectivity index (χ4n) is 0.0598. The van der Waals surface area contributed by atoms with E-state index in [0.717, 1.165) is 0 Å². The van der Waals surface area contributed by atoms with Crippen LogP contribution in [0.5, 0.6) is 0 Å². The summed E-state index contributed by atoms with van der Waals surface area (Å²) < 4.78 is 22.2. The summed E-state index contributed by atoms with van der Waals surface area (Å²) in [6, 6.07) is 0. The molecule has 0 aromatic rings. The molecule has 0 rings (SSSR count). The van der Waals surface area contributed by atoms with Crippen molar-refractivity contribution in [3.05, 3.63) is 0 Å². The Kier molecular flexibility index (Phi) is 8.12. The molecule has 0 aliphatic carbocycles. The summed E-state index contributed by atoms with van der Waals surface area (Å²) in [6.07, 6.45) is 0. The minimum atomic E-state index is -2.92. The van der Waals surface area contributed by atoms with Crippen LogP contribution in [0.2, 0.25) is 0 Å². The molecule has 2 unspecified atom stereocenters. The molecule has 0 aromatic carbocycles. The zero-order valence-electron chi connectivity index (χ0n) is 3.33. The fourth-order valence-corrected chi connectivity index (χ4v) is 0.538. The maximum atomic E-state index is 9.39. The van der Waals surface area contributed by atoms with E-state index in [4.69, 9.17) is 9.79 Å². The maximum Gasteiger partial charge on any atom is 0.745 e. The van der Waals surface area contributed by atoms with Gasteiger partial charge in [0.15, 0.2) is 4.31 Å². The van der Waals surface area contributed by atoms with Gasteiger partial charge in [0, 0.05) is 25.6 Å². The predicted molar refractivity (Wildman–Crippen MR) is 20.7 cm³/mol. The van der Waals surface area contributed by atoms with E-state index < -0.39 is 16.5 Å². The summed E-state index contributed by atoms with van der Waals surface area (Å²) in [4.78, 5) is 15.3. The van der Waals surface area contributed by atoms with Crippen molar-refractivity contribution in [2.75, 3.05) is 0 Å². The predicted octanol–water partition coefficient (Wildman–Crippen LogP) is 0.300. The summed E-state index contributed by atoms with van der Waals surface area (Å²) in [5.74, 6) is 0. The first-order valence-corrected chi connectivity index (χ1v) is 3.39. The first-order chi connectivity index (χ1) is 3.13. The molecule has 2 atom stereocenters. The third kappa shape index (κ3) is 9.76. The Morgan fingerprint density at radius 3 is 1.38 bits per heavy atom. The molecule has 50 valence electrons. The number of rotatable bonds is 2. The summed E-state index contributed by atoms with van der Waals surface area (Å²) >= 11 is 0. The van der Waals surface area contributed by atoms with Crippen LogP contribution in [-0.2, 0) is 29.9 Å². The van der Waals surface area contributed by atoms with E-state index in [-0.39, 0.29) is 16.5 Å². The molecule has 8 heavy (non-hydrogen) atoms. The Labute approximate surface area is 56.9 Å². The monoisotopic (exact) mass is 202 g/mol. The van der Waals surface area contributed by atoms with Crippen LogP contribution in [-0.4, -0.2) is 9.79 Å². The molecule has 0 spiro atoms. The summed E-state index contributed by atoms with van der Waals surface area (Å²) in [7, 11) is -5.85. The van der Waals surface area contributed by atoms with Gasteiger partial charge >= 0.3 is 16.5 Å². The topological polar surface area (TPSA) is 83.8 Å². The molecule has 8 heteroatoms. The molecule has 0 saturated carbocycles. The number of hydrogen-bond acceptors (Lipinski definition) is 3. The van der Waals surface area contributed by atoms with E-state index in [9.17, 15) is 9.13 Å². The molecule has 0 bridgehead atoms. The van der Waals surface area contributed by atoms with Gasteiger partial charge in [-0.15, -0.1) is 9.79 Å². The SMILES string of the molecule is O=[P+](O)O[P+](=O)O.[Ni]. The van der Waals surface area contributed by atoms with Crippen molar-refractivity contribution < 1.29 is 39.7 Å². The van der Waals surface area contributed by atoms with E-state index in [1.807, 2.05) is 0 Å². The van der Waals surface area contributed by atoms with Gasteiger partial charge in [0.05, 0.1) is 0 Å². The zero-order chi connectivity index (χ0) is 5.86. The van der Waals surface area contributed by atoms with Crippen molar-refractivity contribution in [1.82, 2.24) is 0 Å². The first-order valence-electron chi connectivity index (χ1n) is 1.13. The second kappa shape index (κ2) is 5.71. The standard InChI is InChI=1S/Ni.O5P2/c;1-6(2)5-7(3)4/p+2. The summed E-state index contributed by atoms with van der Waals surface area (Å²) in [5, 5.41) is 0. The Hall–Kier alpha value is 0.574. The van der Waals surface area contributed by atoms with Crippen LogP contribution in [0.1, 0.15) is 0 Å². The normalized spacial score (nSPS) is 11.8. The second-order valence-electron chi connectivity index (χ2n) is 0.557. The molecule has 0 aliphatic heterocycles. The van der Waals surface area contributed by atoms with E-state index in [0.29, 0.717) is 0 Å². The molecule has 0 fully saturated rings. The average Bonchev–Trinajstić information content (AvgIpc) is 1.27. The van der Waals surface area contributed by atoms with Crippen molar-refractivity contribution in [2.45, 2.75) is 0 Å². The van der Waals surface area contributed by atoms with Crippen molar-refractivity contribution >= 4 is 16.5 Å². The van der Waals surface area contributed by atoms with Gasteiger partial charge in [-0.05, 0) is 0 Å². The molecule has 2 N–H and O–H groups in total. The van der Waals surface area contributed by atoms with Gasteiger partial charge in [-0.2, -0.15) is 0 Å². The Morgan fingerprint density at radius 2 is 1.38 bits per heavy atom. The molecule has 0 heterocycles. The smallest absolute Gasteiger partial charge is 0.131 e. The van der Waals surface area contributed by atoms with Crippen LogP contribution >= 0.6 is 16.5 Å². The average molecular weight is 203 g/mol. The van der Waals surface area contributed by atoms with Gasteiger partial charge in [0.2, 0.25) is 0 Å². The maximum absolute atomic E-state index is 9.39. The molecule has 0 amide bonds. The summed E-state index contributed by atoms with van der Waals surface area (Å²) in [5.41, 5.74) is 0. The largest absolute Gasteiger partial charge is 0.745 e. The first kappa shape index (κ1) is 11.4. The van der Waals surface area contributed by atoms with Gasteiger partial charge in [0.25, 0.3) is 0 Å². The zero-order valence-corrected chi connectivity index (χ0v) is 6.11. The van der Waals surface area contributed by atoms with Gasteiger partial charge in [-0.25, -0.2) is 0 Å². The van der Waals surface area contributed by atoms with Gasteiger partial charge in [0.1, 0.15) is 0 Å². The van der Waals surface area contributed by atoms with Crippen LogP contribution in [0.3, 0.4) is 0 Å². The third-order valence-electron chi connectivity index (χ3n) is 0.140. The van der Waals surface area contributed by atoms with Crippen molar-refractivity contribution in [3.63, 3.8) is 0 Å². The van der Waals surface area contributed by atoms with Crippen molar-refractivity contribution in [3.8, 4) is 0 Å². The quantitative estimate of drug-likeness (QED) is 0.497. The number of hydrogen-bond donors (Lipinski definition) is 2. The van der Waals surface area contributed by atoms with Gasteiger partial charge < -0.3 is 0 Å². The van der Waals surface area contributed by atoms with E-state index >= 15 is 0 Å². The van der Waals surface area contributed by atoms with Crippen LogP contribution in [0.15, 0.2) is 0 Å².